The number of benzene rings is 2. The Labute approximate surface area is 178 Å². The zero-order valence-corrected chi connectivity index (χ0v) is 17.8. The number of methoxy groups -OCH3 is 1. The van der Waals surface area contributed by atoms with Gasteiger partial charge in [-0.25, -0.2) is 0 Å². The maximum absolute atomic E-state index is 13.8. The van der Waals surface area contributed by atoms with Crippen LogP contribution in [0.5, 0.6) is 5.75 Å². The number of ether oxygens (including phenoxy) is 1. The minimum Gasteiger partial charge on any atom is -0.496 e. The standard InChI is InChI=1S/C25H30N2O3/c1-3-4-16-27-23(28)14-13-20(24(27)19-10-6-8-12-22(19)30-2)25(29)26-17-15-18-9-5-7-11-21(18)26/h5-12,20,24H,3-4,13-17H2,1-2H3. The van der Waals surface area contributed by atoms with E-state index in [1.165, 1.54) is 5.56 Å². The fraction of sp³-hybridized carbons (Fsp3) is 0.440. The van der Waals surface area contributed by atoms with Crippen LogP contribution in [0.3, 0.4) is 0 Å². The number of anilines is 1. The van der Waals surface area contributed by atoms with E-state index in [1.54, 1.807) is 7.11 Å². The second-order valence-corrected chi connectivity index (χ2v) is 8.14. The maximum atomic E-state index is 13.8. The van der Waals surface area contributed by atoms with E-state index in [0.29, 0.717) is 25.9 Å². The van der Waals surface area contributed by atoms with Crippen LogP contribution in [-0.4, -0.2) is 36.9 Å². The Morgan fingerprint density at radius 3 is 2.67 bits per heavy atom. The van der Waals surface area contributed by atoms with Gasteiger partial charge in [-0.05, 0) is 37.0 Å². The number of carbonyl (C=O) groups excluding carboxylic acids is 2. The molecule has 0 N–H and O–H groups in total. The molecule has 0 spiro atoms. The summed E-state index contributed by atoms with van der Waals surface area (Å²) in [6, 6.07) is 15.6. The van der Waals surface area contributed by atoms with Crippen molar-refractivity contribution in [2.45, 2.75) is 45.1 Å². The van der Waals surface area contributed by atoms with Crippen LogP contribution in [0.25, 0.3) is 0 Å². The number of fused-ring (bicyclic) bond motifs is 1. The maximum Gasteiger partial charge on any atom is 0.232 e. The molecular weight excluding hydrogens is 376 g/mol. The van der Waals surface area contributed by atoms with Gasteiger partial charge in [0.1, 0.15) is 5.75 Å². The third-order valence-electron chi connectivity index (χ3n) is 6.39. The molecule has 5 heteroatoms. The van der Waals surface area contributed by atoms with Gasteiger partial charge in [-0.3, -0.25) is 9.59 Å². The Hall–Kier alpha value is -2.82. The van der Waals surface area contributed by atoms with Crippen molar-refractivity contribution in [3.63, 3.8) is 0 Å². The predicted octanol–water partition coefficient (Wildman–Crippen LogP) is 4.36. The number of rotatable bonds is 6. The van der Waals surface area contributed by atoms with Crippen molar-refractivity contribution in [3.05, 3.63) is 59.7 Å². The van der Waals surface area contributed by atoms with Gasteiger partial charge < -0.3 is 14.5 Å². The van der Waals surface area contributed by atoms with Gasteiger partial charge >= 0.3 is 0 Å². The predicted molar refractivity (Wildman–Crippen MR) is 118 cm³/mol. The first-order chi connectivity index (χ1) is 14.7. The molecular formula is C25H30N2O3. The molecule has 0 radical (unpaired) electrons. The van der Waals surface area contributed by atoms with Crippen molar-refractivity contribution in [3.8, 4) is 5.75 Å². The molecule has 158 valence electrons. The Balaban J connectivity index is 1.73. The highest BCUT2D eigenvalue weighted by molar-refractivity contribution is 5.98. The number of unbranched alkanes of at least 4 members (excludes halogenated alkanes) is 1. The lowest BCUT2D eigenvalue weighted by molar-refractivity contribution is -0.142. The van der Waals surface area contributed by atoms with E-state index in [9.17, 15) is 9.59 Å². The number of likely N-dealkylation sites (tertiary alicyclic amines) is 1. The lowest BCUT2D eigenvalue weighted by atomic mass is 9.82. The van der Waals surface area contributed by atoms with Gasteiger partial charge in [0.05, 0.1) is 19.1 Å². The SMILES string of the molecule is CCCCN1C(=O)CCC(C(=O)N2CCc3ccccc32)C1c1ccccc1OC. The molecule has 0 aromatic heterocycles. The molecule has 2 atom stereocenters. The quantitative estimate of drug-likeness (QED) is 0.716. The van der Waals surface area contributed by atoms with Crippen LogP contribution in [-0.2, 0) is 16.0 Å². The van der Waals surface area contributed by atoms with Crippen molar-refractivity contribution in [2.75, 3.05) is 25.1 Å². The number of amides is 2. The van der Waals surface area contributed by atoms with Crippen molar-refractivity contribution < 1.29 is 14.3 Å². The average Bonchev–Trinajstić information content (AvgIpc) is 3.22. The highest BCUT2D eigenvalue weighted by atomic mass is 16.5. The van der Waals surface area contributed by atoms with Crippen molar-refractivity contribution in [1.82, 2.24) is 4.90 Å². The molecule has 2 aliphatic rings. The molecule has 0 bridgehead atoms. The average molecular weight is 407 g/mol. The second kappa shape index (κ2) is 8.90. The monoisotopic (exact) mass is 406 g/mol. The number of piperidine rings is 1. The van der Waals surface area contributed by atoms with Crippen LogP contribution in [0.4, 0.5) is 5.69 Å². The van der Waals surface area contributed by atoms with E-state index in [1.807, 2.05) is 52.3 Å². The fourth-order valence-electron chi connectivity index (χ4n) is 4.87. The topological polar surface area (TPSA) is 49.9 Å². The van der Waals surface area contributed by atoms with E-state index < -0.39 is 0 Å². The summed E-state index contributed by atoms with van der Waals surface area (Å²) in [4.78, 5) is 30.6. The van der Waals surface area contributed by atoms with Gasteiger partial charge in [0, 0.05) is 30.8 Å². The summed E-state index contributed by atoms with van der Waals surface area (Å²) in [6.45, 7) is 3.49. The van der Waals surface area contributed by atoms with Crippen LogP contribution < -0.4 is 9.64 Å². The Morgan fingerprint density at radius 2 is 1.87 bits per heavy atom. The fourth-order valence-corrected chi connectivity index (χ4v) is 4.87. The summed E-state index contributed by atoms with van der Waals surface area (Å²) < 4.78 is 5.63. The van der Waals surface area contributed by atoms with Gasteiger partial charge in [-0.1, -0.05) is 49.7 Å². The molecule has 2 heterocycles. The summed E-state index contributed by atoms with van der Waals surface area (Å²) in [5.41, 5.74) is 3.16. The molecule has 2 unspecified atom stereocenters. The van der Waals surface area contributed by atoms with E-state index in [4.69, 9.17) is 4.74 Å². The Bertz CT molecular complexity index is 926. The van der Waals surface area contributed by atoms with Crippen LogP contribution >= 0.6 is 0 Å². The zero-order valence-electron chi connectivity index (χ0n) is 17.8. The van der Waals surface area contributed by atoms with E-state index in [2.05, 4.69) is 13.0 Å². The molecule has 30 heavy (non-hydrogen) atoms. The number of hydrogen-bond donors (Lipinski definition) is 0. The lowest BCUT2D eigenvalue weighted by Crippen LogP contribution is -2.49. The molecule has 5 nitrogen and oxygen atoms in total. The van der Waals surface area contributed by atoms with Gasteiger partial charge in [0.15, 0.2) is 0 Å². The van der Waals surface area contributed by atoms with Crippen LogP contribution in [0.2, 0.25) is 0 Å². The largest absolute Gasteiger partial charge is 0.496 e. The third kappa shape index (κ3) is 3.69. The summed E-state index contributed by atoms with van der Waals surface area (Å²) in [5.74, 6) is 0.704. The van der Waals surface area contributed by atoms with Crippen molar-refractivity contribution >= 4 is 17.5 Å². The summed E-state index contributed by atoms with van der Waals surface area (Å²) in [5, 5.41) is 0. The van der Waals surface area contributed by atoms with E-state index in [-0.39, 0.29) is 23.8 Å². The van der Waals surface area contributed by atoms with Gasteiger partial charge in [0.25, 0.3) is 0 Å². The van der Waals surface area contributed by atoms with Crippen LogP contribution in [0, 0.1) is 5.92 Å². The highest BCUT2D eigenvalue weighted by Gasteiger charge is 2.44. The Morgan fingerprint density at radius 1 is 1.10 bits per heavy atom. The Kier molecular flexibility index (Phi) is 6.07. The normalized spacial score (nSPS) is 20.9. The highest BCUT2D eigenvalue weighted by Crippen LogP contribution is 2.43. The lowest BCUT2D eigenvalue weighted by Gasteiger charge is -2.42. The molecule has 2 aromatic carbocycles. The van der Waals surface area contributed by atoms with Gasteiger partial charge in [0.2, 0.25) is 11.8 Å². The van der Waals surface area contributed by atoms with E-state index in [0.717, 1.165) is 36.3 Å². The number of nitrogens with zero attached hydrogens (tertiary/aromatic N) is 2. The van der Waals surface area contributed by atoms with Gasteiger partial charge in [-0.2, -0.15) is 0 Å². The molecule has 2 aliphatic heterocycles. The number of hydrogen-bond acceptors (Lipinski definition) is 3. The second-order valence-electron chi connectivity index (χ2n) is 8.14. The smallest absolute Gasteiger partial charge is 0.232 e. The van der Waals surface area contributed by atoms with Crippen molar-refractivity contribution in [1.29, 1.82) is 0 Å². The first-order valence-electron chi connectivity index (χ1n) is 11.0. The van der Waals surface area contributed by atoms with Crippen LogP contribution in [0.1, 0.15) is 49.8 Å². The minimum atomic E-state index is -0.297. The summed E-state index contributed by atoms with van der Waals surface area (Å²) in [6.07, 6.45) is 3.79. The molecule has 4 rings (SSSR count). The number of para-hydroxylation sites is 2. The summed E-state index contributed by atoms with van der Waals surface area (Å²) >= 11 is 0. The molecule has 0 aliphatic carbocycles. The molecule has 2 amide bonds. The van der Waals surface area contributed by atoms with Crippen LogP contribution in [0.15, 0.2) is 48.5 Å². The van der Waals surface area contributed by atoms with E-state index >= 15 is 0 Å². The first kappa shape index (κ1) is 20.5. The van der Waals surface area contributed by atoms with Gasteiger partial charge in [-0.15, -0.1) is 0 Å². The first-order valence-corrected chi connectivity index (χ1v) is 11.0. The molecule has 1 saturated heterocycles. The summed E-state index contributed by atoms with van der Waals surface area (Å²) in [7, 11) is 1.65. The third-order valence-corrected chi connectivity index (χ3v) is 6.39. The number of carbonyl (C=O) groups is 2. The molecule has 2 aromatic rings. The zero-order chi connectivity index (χ0) is 21.1. The molecule has 1 fully saturated rings. The minimum absolute atomic E-state index is 0.116. The molecule has 0 saturated carbocycles. The van der Waals surface area contributed by atoms with Crippen molar-refractivity contribution in [2.24, 2.45) is 5.92 Å².